The third kappa shape index (κ3) is 23.4. The molecule has 1 N–H and O–H groups in total. The van der Waals surface area contributed by atoms with Crippen molar-refractivity contribution >= 4 is 7.82 Å². The molecule has 0 rings (SSSR count). The first-order valence-electron chi connectivity index (χ1n) is 12.9. The maximum absolute atomic E-state index is 11.7. The minimum absolute atomic E-state index is 0.0268. The topological polar surface area (TPSA) is 97.3 Å². The molecule has 0 saturated heterocycles. The van der Waals surface area contributed by atoms with Crippen molar-refractivity contribution in [1.82, 2.24) is 0 Å². The van der Waals surface area contributed by atoms with Gasteiger partial charge >= 0.3 is 0 Å². The van der Waals surface area contributed by atoms with E-state index in [9.17, 15) is 14.6 Å². The van der Waals surface area contributed by atoms with Gasteiger partial charge in [0, 0.05) is 7.11 Å². The number of unbranched alkanes of at least 4 members (excludes halogenated alkanes) is 9. The fraction of sp³-hybridized carbons (Fsp3) is 0.920. The average molecular weight is 510 g/mol. The predicted molar refractivity (Wildman–Crippen MR) is 136 cm³/mol. The number of nitrogens with zero attached hydrogens (tertiary/aromatic N) is 1. The van der Waals surface area contributed by atoms with E-state index in [1.165, 1.54) is 57.8 Å². The van der Waals surface area contributed by atoms with Crippen LogP contribution in [-0.4, -0.2) is 83.0 Å². The van der Waals surface area contributed by atoms with Crippen LogP contribution in [0.1, 0.15) is 77.6 Å². The van der Waals surface area contributed by atoms with E-state index in [-0.39, 0.29) is 19.3 Å². The molecular weight excluding hydrogens is 457 g/mol. The van der Waals surface area contributed by atoms with E-state index in [2.05, 4.69) is 19.1 Å². The van der Waals surface area contributed by atoms with Gasteiger partial charge < -0.3 is 33.0 Å². The number of aliphatic hydroxyl groups excluding tert-OH is 1. The van der Waals surface area contributed by atoms with Crippen molar-refractivity contribution in [2.24, 2.45) is 0 Å². The van der Waals surface area contributed by atoms with Crippen LogP contribution in [0.2, 0.25) is 0 Å². The second-order valence-electron chi connectivity index (χ2n) is 9.96. The SMILES string of the molecule is CCCCCCCCCCC/C=C\CC(COC[C@@H](O)COP(=O)([O-])OCC[N+](C)(C)C)OC. The monoisotopic (exact) mass is 509 g/mol. The quantitative estimate of drug-likeness (QED) is 0.0888. The Kier molecular flexibility index (Phi) is 20.6. The average Bonchev–Trinajstić information content (AvgIpc) is 2.76. The van der Waals surface area contributed by atoms with Gasteiger partial charge in [-0.1, -0.05) is 70.4 Å². The van der Waals surface area contributed by atoms with Gasteiger partial charge in [-0.05, 0) is 19.3 Å². The van der Waals surface area contributed by atoms with Gasteiger partial charge in [0.05, 0.1) is 47.1 Å². The van der Waals surface area contributed by atoms with Gasteiger partial charge in [0.1, 0.15) is 19.3 Å². The molecule has 0 heterocycles. The summed E-state index contributed by atoms with van der Waals surface area (Å²) in [6, 6.07) is 0. The number of hydrogen-bond donors (Lipinski definition) is 1. The van der Waals surface area contributed by atoms with Crippen LogP contribution in [0.25, 0.3) is 0 Å². The third-order valence-electron chi connectivity index (χ3n) is 5.42. The number of rotatable bonds is 24. The molecule has 8 nitrogen and oxygen atoms in total. The lowest BCUT2D eigenvalue weighted by atomic mass is 10.1. The Morgan fingerprint density at radius 2 is 1.53 bits per heavy atom. The molecule has 0 aromatic heterocycles. The molecule has 0 saturated carbocycles. The second kappa shape index (κ2) is 20.8. The smallest absolute Gasteiger partial charge is 0.268 e. The number of hydrogen-bond acceptors (Lipinski definition) is 7. The van der Waals surface area contributed by atoms with Crippen molar-refractivity contribution in [3.05, 3.63) is 12.2 Å². The molecule has 0 bridgehead atoms. The van der Waals surface area contributed by atoms with E-state index in [0.717, 1.165) is 12.8 Å². The molecule has 204 valence electrons. The van der Waals surface area contributed by atoms with E-state index in [1.54, 1.807) is 7.11 Å². The summed E-state index contributed by atoms with van der Waals surface area (Å²) in [5.74, 6) is 0. The molecule has 0 fully saturated rings. The third-order valence-corrected chi connectivity index (χ3v) is 6.39. The minimum Gasteiger partial charge on any atom is -0.756 e. The zero-order valence-electron chi connectivity index (χ0n) is 22.4. The number of methoxy groups -OCH3 is 1. The zero-order chi connectivity index (χ0) is 25.7. The summed E-state index contributed by atoms with van der Waals surface area (Å²) >= 11 is 0. The number of quaternary nitrogens is 1. The molecule has 0 spiro atoms. The first-order chi connectivity index (χ1) is 16.1. The lowest BCUT2D eigenvalue weighted by molar-refractivity contribution is -0.870. The lowest BCUT2D eigenvalue weighted by Gasteiger charge is -2.27. The molecule has 9 heteroatoms. The standard InChI is InChI=1S/C25H52NO7P/c1-6-7-8-9-10-11-12-13-14-15-16-17-18-25(30-5)23-31-21-24(27)22-33-34(28,29)32-20-19-26(2,3)4/h16-17,24-25,27H,6-15,18-23H2,1-5H3/b17-16-/t24-,25?/m1/s1. The Labute approximate surface area is 208 Å². The second-order valence-corrected chi connectivity index (χ2v) is 11.4. The molecular formula is C25H52NO7P. The molecule has 0 radical (unpaired) electrons. The summed E-state index contributed by atoms with van der Waals surface area (Å²) in [7, 11) is 2.99. The van der Waals surface area contributed by atoms with Crippen LogP contribution >= 0.6 is 7.82 Å². The lowest BCUT2D eigenvalue weighted by Crippen LogP contribution is -2.37. The first kappa shape index (κ1) is 33.7. The molecule has 0 aliphatic carbocycles. The van der Waals surface area contributed by atoms with Crippen molar-refractivity contribution < 1.29 is 37.6 Å². The largest absolute Gasteiger partial charge is 0.756 e. The van der Waals surface area contributed by atoms with E-state index in [1.807, 2.05) is 21.1 Å². The Hall–Kier alpha value is -0.310. The molecule has 0 amide bonds. The first-order valence-corrected chi connectivity index (χ1v) is 14.4. The van der Waals surface area contributed by atoms with Crippen molar-refractivity contribution in [3.8, 4) is 0 Å². The number of phosphoric acid groups is 1. The normalized spacial score (nSPS) is 16.1. The fourth-order valence-electron chi connectivity index (χ4n) is 3.20. The van der Waals surface area contributed by atoms with Crippen LogP contribution in [0.5, 0.6) is 0 Å². The van der Waals surface area contributed by atoms with Crippen molar-refractivity contribution in [2.45, 2.75) is 89.8 Å². The summed E-state index contributed by atoms with van der Waals surface area (Å²) in [6.45, 7) is 2.67. The van der Waals surface area contributed by atoms with E-state index < -0.39 is 20.5 Å². The number of likely N-dealkylation sites (N-methyl/N-ethyl adjacent to an activating group) is 1. The van der Waals surface area contributed by atoms with Gasteiger partial charge in [-0.15, -0.1) is 0 Å². The highest BCUT2D eigenvalue weighted by Crippen LogP contribution is 2.38. The Balaban J connectivity index is 3.80. The summed E-state index contributed by atoms with van der Waals surface area (Å²) < 4.78 is 32.7. The number of phosphoric ester groups is 1. The van der Waals surface area contributed by atoms with Gasteiger partial charge in [-0.2, -0.15) is 0 Å². The Bertz CT molecular complexity index is 540. The highest BCUT2D eigenvalue weighted by Gasteiger charge is 2.16. The highest BCUT2D eigenvalue weighted by atomic mass is 31.2. The summed E-state index contributed by atoms with van der Waals surface area (Å²) in [5, 5.41) is 9.92. The van der Waals surface area contributed by atoms with Crippen molar-refractivity contribution in [1.29, 1.82) is 0 Å². The summed E-state index contributed by atoms with van der Waals surface area (Å²) in [4.78, 5) is 11.7. The van der Waals surface area contributed by atoms with Gasteiger partial charge in [-0.3, -0.25) is 4.57 Å². The number of allylic oxidation sites excluding steroid dienone is 1. The van der Waals surface area contributed by atoms with Gasteiger partial charge in [0.2, 0.25) is 0 Å². The van der Waals surface area contributed by atoms with Crippen molar-refractivity contribution in [3.63, 3.8) is 0 Å². The number of ether oxygens (including phenoxy) is 2. The predicted octanol–water partition coefficient (Wildman–Crippen LogP) is 4.45. The van der Waals surface area contributed by atoms with Crippen LogP contribution in [0.4, 0.5) is 0 Å². The minimum atomic E-state index is -4.44. The molecule has 0 aliphatic rings. The van der Waals surface area contributed by atoms with Crippen LogP contribution in [0.15, 0.2) is 12.2 Å². The van der Waals surface area contributed by atoms with E-state index in [4.69, 9.17) is 18.5 Å². The van der Waals surface area contributed by atoms with Gasteiger partial charge in [0.15, 0.2) is 0 Å². The molecule has 2 unspecified atom stereocenters. The van der Waals surface area contributed by atoms with Crippen LogP contribution in [0, 0.1) is 0 Å². The van der Waals surface area contributed by atoms with Crippen molar-refractivity contribution in [2.75, 3.05) is 61.2 Å². The molecule has 0 aromatic rings. The fourth-order valence-corrected chi connectivity index (χ4v) is 3.93. The maximum Gasteiger partial charge on any atom is 0.268 e. The Morgan fingerprint density at radius 3 is 2.12 bits per heavy atom. The number of aliphatic hydroxyl groups is 1. The molecule has 0 aliphatic heterocycles. The van der Waals surface area contributed by atoms with Crippen LogP contribution in [-0.2, 0) is 23.1 Å². The van der Waals surface area contributed by atoms with Crippen LogP contribution in [0.3, 0.4) is 0 Å². The summed E-state index contributed by atoms with van der Waals surface area (Å²) in [6.07, 6.45) is 16.9. The van der Waals surface area contributed by atoms with Gasteiger partial charge in [0.25, 0.3) is 7.82 Å². The zero-order valence-corrected chi connectivity index (χ0v) is 23.3. The highest BCUT2D eigenvalue weighted by molar-refractivity contribution is 7.45. The molecule has 3 atom stereocenters. The Morgan fingerprint density at radius 1 is 0.912 bits per heavy atom. The molecule has 34 heavy (non-hydrogen) atoms. The van der Waals surface area contributed by atoms with Crippen LogP contribution < -0.4 is 4.89 Å². The van der Waals surface area contributed by atoms with E-state index >= 15 is 0 Å². The van der Waals surface area contributed by atoms with E-state index in [0.29, 0.717) is 17.6 Å². The summed E-state index contributed by atoms with van der Waals surface area (Å²) in [5.41, 5.74) is 0. The molecule has 0 aromatic carbocycles. The van der Waals surface area contributed by atoms with Gasteiger partial charge in [-0.25, -0.2) is 0 Å². The maximum atomic E-state index is 11.7.